The van der Waals surface area contributed by atoms with Crippen LogP contribution in [-0.2, 0) is 11.4 Å². The lowest BCUT2D eigenvalue weighted by molar-refractivity contribution is -0.122. The number of thioether (sulfide) groups is 1. The summed E-state index contributed by atoms with van der Waals surface area (Å²) in [6.45, 7) is 4.73. The summed E-state index contributed by atoms with van der Waals surface area (Å²) in [6.07, 6.45) is 1.78. The second-order valence-electron chi connectivity index (χ2n) is 8.21. The number of rotatable bonds is 8. The van der Waals surface area contributed by atoms with Crippen LogP contribution in [0.2, 0.25) is 0 Å². The van der Waals surface area contributed by atoms with Gasteiger partial charge in [0.15, 0.2) is 16.7 Å². The van der Waals surface area contributed by atoms with Crippen LogP contribution >= 0.6 is 27.7 Å². The van der Waals surface area contributed by atoms with Gasteiger partial charge in [-0.05, 0) is 73.1 Å². The van der Waals surface area contributed by atoms with Crippen molar-refractivity contribution in [2.24, 2.45) is 4.99 Å². The highest BCUT2D eigenvalue weighted by Crippen LogP contribution is 2.39. The Balaban J connectivity index is 1.59. The number of halogens is 1. The van der Waals surface area contributed by atoms with Crippen LogP contribution in [0.25, 0.3) is 6.08 Å². The average molecular weight is 581 g/mol. The first-order chi connectivity index (χ1) is 17.8. The summed E-state index contributed by atoms with van der Waals surface area (Å²) < 4.78 is 12.3. The molecule has 1 N–H and O–H groups in total. The molecule has 1 fully saturated rings. The molecule has 190 valence electrons. The van der Waals surface area contributed by atoms with E-state index in [1.54, 1.807) is 30.2 Å². The fourth-order valence-corrected chi connectivity index (χ4v) is 5.10. The van der Waals surface area contributed by atoms with Crippen molar-refractivity contribution < 1.29 is 24.2 Å². The third-order valence-electron chi connectivity index (χ3n) is 5.61. The normalized spacial score (nSPS) is 15.5. The number of carbonyl (C=O) groups is 2. The third kappa shape index (κ3) is 6.23. The number of aryl methyl sites for hydroxylation is 1. The zero-order chi connectivity index (χ0) is 26.5. The van der Waals surface area contributed by atoms with Gasteiger partial charge in [0.1, 0.15) is 6.61 Å². The summed E-state index contributed by atoms with van der Waals surface area (Å²) in [5.41, 5.74) is 3.58. The molecule has 0 saturated carbocycles. The lowest BCUT2D eigenvalue weighted by Crippen LogP contribution is -2.28. The predicted molar refractivity (Wildman–Crippen MR) is 150 cm³/mol. The number of ether oxygens (including phenoxy) is 2. The molecule has 1 aliphatic heterocycles. The van der Waals surface area contributed by atoms with Gasteiger partial charge in [0.2, 0.25) is 0 Å². The van der Waals surface area contributed by atoms with Crippen LogP contribution in [0, 0.1) is 6.92 Å². The maximum Gasteiger partial charge on any atom is 0.335 e. The molecule has 0 atom stereocenters. The number of amides is 1. The first-order valence-corrected chi connectivity index (χ1v) is 13.1. The number of likely N-dealkylation sites (N-methyl/N-ethyl adjacent to an activating group) is 1. The van der Waals surface area contributed by atoms with Crippen LogP contribution in [0.15, 0.2) is 75.0 Å². The molecule has 37 heavy (non-hydrogen) atoms. The summed E-state index contributed by atoms with van der Waals surface area (Å²) in [5.74, 6) is -0.0796. The number of carboxylic acid groups (broad SMARTS) is 1. The maximum absolute atomic E-state index is 13.1. The van der Waals surface area contributed by atoms with Crippen LogP contribution in [0.5, 0.6) is 11.5 Å². The highest BCUT2D eigenvalue weighted by atomic mass is 79.9. The second-order valence-corrected chi connectivity index (χ2v) is 10.1. The molecule has 0 bridgehead atoms. The van der Waals surface area contributed by atoms with Crippen molar-refractivity contribution in [2.45, 2.75) is 20.5 Å². The van der Waals surface area contributed by atoms with Gasteiger partial charge < -0.3 is 14.6 Å². The van der Waals surface area contributed by atoms with Crippen LogP contribution in [-0.4, -0.2) is 40.7 Å². The fourth-order valence-electron chi connectivity index (χ4n) is 3.61. The number of carbonyl (C=O) groups excluding carboxylic acids is 1. The Labute approximate surface area is 227 Å². The number of aliphatic imine (C=N–C) groups is 1. The zero-order valence-corrected chi connectivity index (χ0v) is 22.9. The summed E-state index contributed by atoms with van der Waals surface area (Å²) in [4.78, 5) is 31.0. The van der Waals surface area contributed by atoms with E-state index in [9.17, 15) is 14.7 Å². The van der Waals surface area contributed by atoms with E-state index < -0.39 is 5.97 Å². The van der Waals surface area contributed by atoms with E-state index in [1.807, 2.05) is 50.2 Å². The van der Waals surface area contributed by atoms with Gasteiger partial charge >= 0.3 is 5.97 Å². The molecule has 9 heteroatoms. The van der Waals surface area contributed by atoms with Gasteiger partial charge in [0.25, 0.3) is 5.91 Å². The summed E-state index contributed by atoms with van der Waals surface area (Å²) >= 11 is 4.83. The van der Waals surface area contributed by atoms with Crippen LogP contribution in [0.4, 0.5) is 5.69 Å². The minimum absolute atomic E-state index is 0.135. The molecule has 0 unspecified atom stereocenters. The maximum atomic E-state index is 13.1. The molecule has 3 aromatic rings. The van der Waals surface area contributed by atoms with Crippen molar-refractivity contribution in [3.63, 3.8) is 0 Å². The van der Waals surface area contributed by atoms with Crippen molar-refractivity contribution in [2.75, 3.05) is 13.7 Å². The molecule has 3 aromatic carbocycles. The second kappa shape index (κ2) is 11.7. The molecule has 1 heterocycles. The highest BCUT2D eigenvalue weighted by Gasteiger charge is 2.32. The van der Waals surface area contributed by atoms with Crippen molar-refractivity contribution in [3.8, 4) is 11.5 Å². The topological polar surface area (TPSA) is 88.4 Å². The minimum Gasteiger partial charge on any atom is -0.493 e. The summed E-state index contributed by atoms with van der Waals surface area (Å²) in [5, 5.41) is 9.74. The molecule has 1 amide bonds. The Morgan fingerprint density at radius 1 is 1.14 bits per heavy atom. The molecule has 0 aromatic heterocycles. The van der Waals surface area contributed by atoms with Gasteiger partial charge in [-0.1, -0.05) is 51.8 Å². The van der Waals surface area contributed by atoms with Gasteiger partial charge in [0.05, 0.1) is 23.3 Å². The van der Waals surface area contributed by atoms with Gasteiger partial charge in [-0.15, -0.1) is 0 Å². The van der Waals surface area contributed by atoms with Crippen molar-refractivity contribution in [3.05, 3.63) is 92.3 Å². The minimum atomic E-state index is -1.03. The number of nitrogens with zero attached hydrogens (tertiary/aromatic N) is 2. The van der Waals surface area contributed by atoms with Crippen LogP contribution < -0.4 is 9.47 Å². The van der Waals surface area contributed by atoms with E-state index in [1.165, 1.54) is 29.5 Å². The van der Waals surface area contributed by atoms with Gasteiger partial charge in [-0.2, -0.15) is 0 Å². The molecule has 4 rings (SSSR count). The number of benzene rings is 3. The van der Waals surface area contributed by atoms with E-state index in [0.29, 0.717) is 40.4 Å². The first kappa shape index (κ1) is 26.5. The molecule has 0 spiro atoms. The Morgan fingerprint density at radius 3 is 2.57 bits per heavy atom. The van der Waals surface area contributed by atoms with E-state index in [2.05, 4.69) is 20.9 Å². The number of aromatic carboxylic acids is 1. The molecule has 1 saturated heterocycles. The quantitative estimate of drug-likeness (QED) is 0.299. The zero-order valence-electron chi connectivity index (χ0n) is 20.5. The molecule has 0 radical (unpaired) electrons. The monoisotopic (exact) mass is 580 g/mol. The lowest BCUT2D eigenvalue weighted by atomic mass is 10.1. The third-order valence-corrected chi connectivity index (χ3v) is 7.30. The summed E-state index contributed by atoms with van der Waals surface area (Å²) in [6, 6.07) is 18.1. The number of methoxy groups -OCH3 is 1. The number of amidine groups is 1. The molecular weight excluding hydrogens is 556 g/mol. The summed E-state index contributed by atoms with van der Waals surface area (Å²) in [7, 11) is 1.57. The Morgan fingerprint density at radius 2 is 1.89 bits per heavy atom. The van der Waals surface area contributed by atoms with E-state index >= 15 is 0 Å². The number of hydrogen-bond acceptors (Lipinski definition) is 6. The first-order valence-electron chi connectivity index (χ1n) is 11.5. The largest absolute Gasteiger partial charge is 0.493 e. The van der Waals surface area contributed by atoms with E-state index in [-0.39, 0.29) is 11.5 Å². The molecule has 7 nitrogen and oxygen atoms in total. The van der Waals surface area contributed by atoms with Crippen molar-refractivity contribution >= 4 is 56.5 Å². The fraction of sp³-hybridized carbons (Fsp3) is 0.179. The van der Waals surface area contributed by atoms with Gasteiger partial charge in [-0.3, -0.25) is 9.69 Å². The standard InChI is InChI=1S/C28H25BrN2O5S/c1-4-31-26(32)25(37-28(31)30-21-7-5-6-19(12-21)27(33)34)14-20-13-23(35-3)24(15-22(20)29)36-16-18-10-8-17(2)9-11-18/h5-15H,4,16H2,1-3H3,(H,33,34)/b25-14-,30-28?. The lowest BCUT2D eigenvalue weighted by Gasteiger charge is -2.13. The van der Waals surface area contributed by atoms with Crippen LogP contribution in [0.3, 0.4) is 0 Å². The Hall–Kier alpha value is -3.56. The van der Waals surface area contributed by atoms with Crippen molar-refractivity contribution in [1.29, 1.82) is 0 Å². The average Bonchev–Trinajstić information content (AvgIpc) is 3.18. The number of carboxylic acids is 1. The van der Waals surface area contributed by atoms with Crippen LogP contribution in [0.1, 0.15) is 34.0 Å². The molecule has 1 aliphatic rings. The Kier molecular flexibility index (Phi) is 8.35. The van der Waals surface area contributed by atoms with Gasteiger partial charge in [-0.25, -0.2) is 9.79 Å². The Bertz CT molecular complexity index is 1400. The molecular formula is C28H25BrN2O5S. The molecule has 0 aliphatic carbocycles. The number of hydrogen-bond donors (Lipinski definition) is 1. The predicted octanol–water partition coefficient (Wildman–Crippen LogP) is 6.67. The smallest absolute Gasteiger partial charge is 0.335 e. The highest BCUT2D eigenvalue weighted by molar-refractivity contribution is 9.10. The van der Waals surface area contributed by atoms with E-state index in [4.69, 9.17) is 9.47 Å². The SMILES string of the molecule is CCN1C(=O)/C(=C/c2cc(OC)c(OCc3ccc(C)cc3)cc2Br)SC1=Nc1cccc(C(=O)O)c1. The van der Waals surface area contributed by atoms with E-state index in [0.717, 1.165) is 15.6 Å². The van der Waals surface area contributed by atoms with Crippen molar-refractivity contribution in [1.82, 2.24) is 4.90 Å². The van der Waals surface area contributed by atoms with Gasteiger partial charge in [0, 0.05) is 11.0 Å².